The van der Waals surface area contributed by atoms with E-state index in [1.54, 1.807) is 0 Å². The Bertz CT molecular complexity index is 655. The van der Waals surface area contributed by atoms with Crippen LogP contribution in [0.4, 0.5) is 0 Å². The Balaban J connectivity index is 2.21. The van der Waals surface area contributed by atoms with Crippen LogP contribution in [0, 0.1) is 0 Å². The van der Waals surface area contributed by atoms with E-state index in [9.17, 15) is 25.5 Å². The molecular formula is C16H18O6. The molecule has 0 spiro atoms. The van der Waals surface area contributed by atoms with Gasteiger partial charge in [-0.3, -0.25) is 0 Å². The van der Waals surface area contributed by atoms with Gasteiger partial charge in [-0.05, 0) is 29.3 Å². The highest BCUT2D eigenvalue weighted by atomic mass is 16.5. The Kier molecular flexibility index (Phi) is 4.75. The number of ether oxygens (including phenoxy) is 1. The van der Waals surface area contributed by atoms with E-state index >= 15 is 0 Å². The lowest BCUT2D eigenvalue weighted by Crippen LogP contribution is -2.22. The summed E-state index contributed by atoms with van der Waals surface area (Å²) in [6.07, 6.45) is -1.66. The highest BCUT2D eigenvalue weighted by Gasteiger charge is 2.23. The lowest BCUT2D eigenvalue weighted by Gasteiger charge is -2.22. The largest absolute Gasteiger partial charge is 0.508 e. The van der Waals surface area contributed by atoms with Crippen LogP contribution in [-0.4, -0.2) is 38.7 Å². The summed E-state index contributed by atoms with van der Waals surface area (Å²) in [6, 6.07) is 8.26. The molecule has 0 saturated carbocycles. The second-order valence-electron chi connectivity index (χ2n) is 4.99. The smallest absolute Gasteiger partial charge is 0.157 e. The Morgan fingerprint density at radius 3 is 2.23 bits per heavy atom. The minimum Gasteiger partial charge on any atom is -0.508 e. The average Bonchev–Trinajstić information content (AvgIpc) is 2.46. The van der Waals surface area contributed by atoms with Gasteiger partial charge in [0.2, 0.25) is 0 Å². The van der Waals surface area contributed by atoms with Gasteiger partial charge in [0, 0.05) is 19.6 Å². The van der Waals surface area contributed by atoms with E-state index in [2.05, 4.69) is 0 Å². The summed E-state index contributed by atoms with van der Waals surface area (Å²) < 4.78 is 5.26. The number of phenols is 4. The van der Waals surface area contributed by atoms with Crippen molar-refractivity contribution in [2.45, 2.75) is 18.6 Å². The van der Waals surface area contributed by atoms with E-state index in [-0.39, 0.29) is 29.4 Å². The Hall–Kier alpha value is -2.44. The van der Waals surface area contributed by atoms with Crippen molar-refractivity contribution in [1.29, 1.82) is 0 Å². The average molecular weight is 306 g/mol. The van der Waals surface area contributed by atoms with Gasteiger partial charge in [-0.15, -0.1) is 0 Å². The van der Waals surface area contributed by atoms with Crippen molar-refractivity contribution in [2.24, 2.45) is 0 Å². The Morgan fingerprint density at radius 1 is 0.909 bits per heavy atom. The van der Waals surface area contributed by atoms with Crippen molar-refractivity contribution in [3.05, 3.63) is 47.5 Å². The molecule has 6 nitrogen and oxygen atoms in total. The van der Waals surface area contributed by atoms with Crippen LogP contribution in [0.15, 0.2) is 36.4 Å². The first-order chi connectivity index (χ1) is 10.4. The maximum Gasteiger partial charge on any atom is 0.157 e. The maximum absolute atomic E-state index is 10.3. The molecule has 0 saturated heterocycles. The number of rotatable bonds is 5. The molecule has 0 aliphatic heterocycles. The van der Waals surface area contributed by atoms with Gasteiger partial charge >= 0.3 is 0 Å². The first-order valence-electron chi connectivity index (χ1n) is 6.66. The minimum atomic E-state index is -0.996. The third-order valence-corrected chi connectivity index (χ3v) is 3.43. The molecule has 2 atom stereocenters. The number of hydrogen-bond acceptors (Lipinski definition) is 6. The fourth-order valence-electron chi connectivity index (χ4n) is 2.29. The molecular weight excluding hydrogens is 288 g/mol. The first kappa shape index (κ1) is 15.9. The number of aliphatic hydroxyl groups is 1. The van der Waals surface area contributed by atoms with E-state index in [4.69, 9.17) is 4.74 Å². The number of phenolic OH excluding ortho intramolecular Hbond substituents is 4. The third-order valence-electron chi connectivity index (χ3n) is 3.43. The quantitative estimate of drug-likeness (QED) is 0.539. The highest BCUT2D eigenvalue weighted by molar-refractivity contribution is 5.42. The zero-order chi connectivity index (χ0) is 16.3. The van der Waals surface area contributed by atoms with Gasteiger partial charge in [-0.25, -0.2) is 0 Å². The zero-order valence-electron chi connectivity index (χ0n) is 12.0. The molecule has 0 fully saturated rings. The molecule has 0 amide bonds. The number of aromatic hydroxyl groups is 4. The molecule has 5 N–H and O–H groups in total. The molecule has 0 bridgehead atoms. The number of benzene rings is 2. The van der Waals surface area contributed by atoms with E-state index in [0.29, 0.717) is 11.1 Å². The Labute approximate surface area is 127 Å². The predicted octanol–water partition coefficient (Wildman–Crippen LogP) is 1.80. The second kappa shape index (κ2) is 6.55. The van der Waals surface area contributed by atoms with Gasteiger partial charge in [0.25, 0.3) is 0 Å². The molecule has 0 aliphatic rings. The first-order valence-corrected chi connectivity index (χ1v) is 6.66. The van der Waals surface area contributed by atoms with Gasteiger partial charge < -0.3 is 30.3 Å². The van der Waals surface area contributed by atoms with Crippen molar-refractivity contribution in [3.8, 4) is 23.0 Å². The van der Waals surface area contributed by atoms with E-state index < -0.39 is 12.2 Å². The predicted molar refractivity (Wildman–Crippen MR) is 79.0 cm³/mol. The van der Waals surface area contributed by atoms with Crippen molar-refractivity contribution < 1.29 is 30.3 Å². The lowest BCUT2D eigenvalue weighted by atomic mass is 9.97. The summed E-state index contributed by atoms with van der Waals surface area (Å²) in [5.41, 5.74) is 0.943. The van der Waals surface area contributed by atoms with Crippen LogP contribution in [0.1, 0.15) is 17.2 Å². The maximum atomic E-state index is 10.3. The number of hydrogen-bond donors (Lipinski definition) is 5. The van der Waals surface area contributed by atoms with Crippen molar-refractivity contribution in [1.82, 2.24) is 0 Å². The molecule has 2 aromatic carbocycles. The van der Waals surface area contributed by atoms with Crippen LogP contribution in [0.25, 0.3) is 0 Å². The number of aliphatic hydroxyl groups excluding tert-OH is 1. The van der Waals surface area contributed by atoms with Crippen LogP contribution < -0.4 is 0 Å². The SMILES string of the molecule is CO[C@H](c1ccc(O)c(O)c1)C(O)Cc1ccc(O)cc1O. The van der Waals surface area contributed by atoms with E-state index in [1.165, 1.54) is 43.5 Å². The summed E-state index contributed by atoms with van der Waals surface area (Å²) in [7, 11) is 1.41. The summed E-state index contributed by atoms with van der Waals surface area (Å²) in [5.74, 6) is -0.756. The Morgan fingerprint density at radius 2 is 1.64 bits per heavy atom. The third kappa shape index (κ3) is 3.41. The van der Waals surface area contributed by atoms with Crippen LogP contribution in [-0.2, 0) is 11.2 Å². The van der Waals surface area contributed by atoms with Crippen LogP contribution in [0.2, 0.25) is 0 Å². The van der Waals surface area contributed by atoms with Gasteiger partial charge in [0.15, 0.2) is 11.5 Å². The zero-order valence-corrected chi connectivity index (χ0v) is 12.0. The summed E-state index contributed by atoms with van der Waals surface area (Å²) in [6.45, 7) is 0. The molecule has 22 heavy (non-hydrogen) atoms. The molecule has 0 heterocycles. The summed E-state index contributed by atoms with van der Waals surface area (Å²) >= 11 is 0. The molecule has 0 aromatic heterocycles. The fraction of sp³-hybridized carbons (Fsp3) is 0.250. The van der Waals surface area contributed by atoms with Crippen molar-refractivity contribution in [3.63, 3.8) is 0 Å². The highest BCUT2D eigenvalue weighted by Crippen LogP contribution is 2.32. The van der Waals surface area contributed by atoms with E-state index in [0.717, 1.165) is 0 Å². The van der Waals surface area contributed by atoms with Gasteiger partial charge in [-0.2, -0.15) is 0 Å². The molecule has 2 aromatic rings. The fourth-order valence-corrected chi connectivity index (χ4v) is 2.29. The van der Waals surface area contributed by atoms with Crippen LogP contribution in [0.3, 0.4) is 0 Å². The van der Waals surface area contributed by atoms with Crippen LogP contribution >= 0.6 is 0 Å². The van der Waals surface area contributed by atoms with Gasteiger partial charge in [0.1, 0.15) is 17.6 Å². The normalized spacial score (nSPS) is 13.7. The van der Waals surface area contributed by atoms with Crippen LogP contribution in [0.5, 0.6) is 23.0 Å². The number of methoxy groups -OCH3 is 1. The van der Waals surface area contributed by atoms with Crippen molar-refractivity contribution in [2.75, 3.05) is 7.11 Å². The van der Waals surface area contributed by atoms with Gasteiger partial charge in [0.05, 0.1) is 6.10 Å². The minimum absolute atomic E-state index is 0.0671. The topological polar surface area (TPSA) is 110 Å². The van der Waals surface area contributed by atoms with Gasteiger partial charge in [-0.1, -0.05) is 12.1 Å². The van der Waals surface area contributed by atoms with Crippen molar-refractivity contribution >= 4 is 0 Å². The van der Waals surface area contributed by atoms with E-state index in [1.807, 2.05) is 0 Å². The molecule has 0 aliphatic carbocycles. The molecule has 0 radical (unpaired) electrons. The molecule has 6 heteroatoms. The second-order valence-corrected chi connectivity index (χ2v) is 4.99. The lowest BCUT2D eigenvalue weighted by molar-refractivity contribution is -0.0131. The summed E-state index contributed by atoms with van der Waals surface area (Å²) in [4.78, 5) is 0. The standard InChI is InChI=1S/C16H18O6/c1-22-16(10-3-5-12(18)14(20)7-10)15(21)6-9-2-4-11(17)8-13(9)19/h2-5,7-8,15-21H,6H2,1H3/t15?,16-/m1/s1. The summed E-state index contributed by atoms with van der Waals surface area (Å²) in [5, 5.41) is 48.2. The molecule has 2 rings (SSSR count). The molecule has 118 valence electrons. The monoisotopic (exact) mass is 306 g/mol. The molecule has 1 unspecified atom stereocenters.